The van der Waals surface area contributed by atoms with Gasteiger partial charge in [-0.15, -0.1) is 0 Å². The average molecular weight is 348 g/mol. The molecular weight excluding hydrogens is 326 g/mol. The van der Waals surface area contributed by atoms with E-state index >= 15 is 0 Å². The second kappa shape index (κ2) is 7.28. The molecule has 0 radical (unpaired) electrons. The Balaban J connectivity index is 1.49. The first kappa shape index (κ1) is 14.9. The van der Waals surface area contributed by atoms with Gasteiger partial charge in [0, 0.05) is 11.0 Å². The van der Waals surface area contributed by atoms with E-state index in [4.69, 9.17) is 4.74 Å². The fourth-order valence-corrected chi connectivity index (χ4v) is 3.32. The fraction of sp³-hybridized carbons (Fsp3) is 0.444. The highest BCUT2D eigenvalue weighted by atomic mass is 79.9. The van der Waals surface area contributed by atoms with Crippen LogP contribution in [0.2, 0.25) is 0 Å². The van der Waals surface area contributed by atoms with Gasteiger partial charge < -0.3 is 9.64 Å². The number of ether oxygens (including phenoxy) is 1. The van der Waals surface area contributed by atoms with Gasteiger partial charge in [0.05, 0.1) is 6.61 Å². The van der Waals surface area contributed by atoms with Crippen LogP contribution in [0.4, 0.5) is 0 Å². The molecule has 1 fully saturated rings. The predicted molar refractivity (Wildman–Crippen MR) is 92.1 cm³/mol. The van der Waals surface area contributed by atoms with Gasteiger partial charge in [-0.3, -0.25) is 0 Å². The molecule has 21 heavy (non-hydrogen) atoms. The maximum atomic E-state index is 5.90. The molecule has 3 rings (SSSR count). The van der Waals surface area contributed by atoms with Crippen LogP contribution < -0.4 is 4.74 Å². The summed E-state index contributed by atoms with van der Waals surface area (Å²) in [6.07, 6.45) is 5.24. The summed E-state index contributed by atoms with van der Waals surface area (Å²) in [5.74, 6) is 0.975. The van der Waals surface area contributed by atoms with Crippen molar-refractivity contribution in [2.45, 2.75) is 25.7 Å². The average Bonchev–Trinajstić information content (AvgIpc) is 2.52. The number of likely N-dealkylation sites (tertiary alicyclic amines) is 1. The molecule has 0 aromatic heterocycles. The first-order valence-electron chi connectivity index (χ1n) is 7.86. The predicted octanol–water partition coefficient (Wildman–Crippen LogP) is 4.86. The normalized spacial score (nSPS) is 16.2. The molecule has 0 bridgehead atoms. The van der Waals surface area contributed by atoms with Crippen molar-refractivity contribution >= 4 is 26.7 Å². The van der Waals surface area contributed by atoms with Crippen LogP contribution >= 0.6 is 15.9 Å². The Hall–Kier alpha value is -1.06. The van der Waals surface area contributed by atoms with Crippen molar-refractivity contribution in [3.63, 3.8) is 0 Å². The monoisotopic (exact) mass is 347 g/mol. The summed E-state index contributed by atoms with van der Waals surface area (Å²) < 4.78 is 7.01. The second-order valence-corrected chi connectivity index (χ2v) is 6.67. The summed E-state index contributed by atoms with van der Waals surface area (Å²) in [5.41, 5.74) is 0. The lowest BCUT2D eigenvalue weighted by molar-refractivity contribution is 0.205. The summed E-state index contributed by atoms with van der Waals surface area (Å²) >= 11 is 3.50. The van der Waals surface area contributed by atoms with Crippen molar-refractivity contribution in [3.05, 3.63) is 40.9 Å². The zero-order valence-corrected chi connectivity index (χ0v) is 13.9. The Bertz CT molecular complexity index is 593. The topological polar surface area (TPSA) is 12.5 Å². The molecule has 1 aliphatic rings. The molecule has 0 unspecified atom stereocenters. The van der Waals surface area contributed by atoms with E-state index in [-0.39, 0.29) is 0 Å². The molecule has 1 saturated heterocycles. The number of nitrogens with zero attached hydrogens (tertiary/aromatic N) is 1. The highest BCUT2D eigenvalue weighted by Crippen LogP contribution is 2.24. The smallest absolute Gasteiger partial charge is 0.119 e. The summed E-state index contributed by atoms with van der Waals surface area (Å²) in [7, 11) is 0. The molecule has 0 atom stereocenters. The molecule has 112 valence electrons. The molecule has 2 aromatic rings. The van der Waals surface area contributed by atoms with Crippen LogP contribution in [0.3, 0.4) is 0 Å². The van der Waals surface area contributed by atoms with Gasteiger partial charge in [-0.1, -0.05) is 34.5 Å². The zero-order valence-electron chi connectivity index (χ0n) is 12.4. The molecule has 2 aromatic carbocycles. The molecule has 3 heteroatoms. The van der Waals surface area contributed by atoms with Crippen LogP contribution in [0.25, 0.3) is 10.8 Å². The summed E-state index contributed by atoms with van der Waals surface area (Å²) in [5, 5.41) is 2.47. The van der Waals surface area contributed by atoms with Gasteiger partial charge in [0.2, 0.25) is 0 Å². The lowest BCUT2D eigenvalue weighted by Crippen LogP contribution is -2.31. The Labute approximate surface area is 135 Å². The van der Waals surface area contributed by atoms with Crippen LogP contribution in [0, 0.1) is 0 Å². The van der Waals surface area contributed by atoms with Gasteiger partial charge in [-0.05, 0) is 67.4 Å². The maximum absolute atomic E-state index is 5.90. The second-order valence-electron chi connectivity index (χ2n) is 5.76. The molecule has 1 heterocycles. The van der Waals surface area contributed by atoms with Crippen molar-refractivity contribution in [2.75, 3.05) is 26.2 Å². The van der Waals surface area contributed by atoms with Gasteiger partial charge in [0.15, 0.2) is 0 Å². The van der Waals surface area contributed by atoms with E-state index < -0.39 is 0 Å². The summed E-state index contributed by atoms with van der Waals surface area (Å²) in [6, 6.07) is 12.6. The van der Waals surface area contributed by atoms with E-state index in [1.165, 1.54) is 49.7 Å². The molecule has 2 nitrogen and oxygen atoms in total. The Morgan fingerprint density at radius 1 is 0.952 bits per heavy atom. The lowest BCUT2D eigenvalue weighted by atomic mass is 10.1. The number of fused-ring (bicyclic) bond motifs is 1. The largest absolute Gasteiger partial charge is 0.494 e. The SMILES string of the molecule is Brc1ccc2cc(OCCCN3CCCCC3)ccc2c1. The first-order chi connectivity index (χ1) is 10.3. The summed E-state index contributed by atoms with van der Waals surface area (Å²) in [6.45, 7) is 4.51. The highest BCUT2D eigenvalue weighted by molar-refractivity contribution is 9.10. The first-order valence-corrected chi connectivity index (χ1v) is 8.65. The van der Waals surface area contributed by atoms with Crippen LogP contribution in [0.15, 0.2) is 40.9 Å². The third-order valence-electron chi connectivity index (χ3n) is 4.11. The van der Waals surface area contributed by atoms with Crippen molar-refractivity contribution in [1.82, 2.24) is 4.90 Å². The molecular formula is C18H22BrNO. The third kappa shape index (κ3) is 4.21. The Morgan fingerprint density at radius 2 is 1.71 bits per heavy atom. The van der Waals surface area contributed by atoms with E-state index in [1.54, 1.807) is 0 Å². The number of piperidine rings is 1. The summed E-state index contributed by atoms with van der Waals surface area (Å²) in [4.78, 5) is 2.56. The van der Waals surface area contributed by atoms with Gasteiger partial charge >= 0.3 is 0 Å². The van der Waals surface area contributed by atoms with E-state index in [0.717, 1.165) is 23.2 Å². The Morgan fingerprint density at radius 3 is 2.57 bits per heavy atom. The molecule has 0 amide bonds. The molecule has 0 N–H and O–H groups in total. The van der Waals surface area contributed by atoms with Crippen LogP contribution in [0.1, 0.15) is 25.7 Å². The van der Waals surface area contributed by atoms with E-state index in [1.807, 2.05) is 0 Å². The van der Waals surface area contributed by atoms with Gasteiger partial charge in [0.1, 0.15) is 5.75 Å². The zero-order chi connectivity index (χ0) is 14.5. The van der Waals surface area contributed by atoms with Gasteiger partial charge in [-0.2, -0.15) is 0 Å². The fourth-order valence-electron chi connectivity index (χ4n) is 2.95. The van der Waals surface area contributed by atoms with Crippen molar-refractivity contribution in [1.29, 1.82) is 0 Å². The van der Waals surface area contributed by atoms with E-state index in [0.29, 0.717) is 0 Å². The van der Waals surface area contributed by atoms with Crippen LogP contribution in [-0.4, -0.2) is 31.1 Å². The van der Waals surface area contributed by atoms with Crippen molar-refractivity contribution < 1.29 is 4.74 Å². The van der Waals surface area contributed by atoms with Crippen molar-refractivity contribution in [2.24, 2.45) is 0 Å². The van der Waals surface area contributed by atoms with Gasteiger partial charge in [0.25, 0.3) is 0 Å². The minimum atomic E-state index is 0.804. The molecule has 0 aliphatic carbocycles. The van der Waals surface area contributed by atoms with Crippen LogP contribution in [-0.2, 0) is 0 Å². The number of benzene rings is 2. The molecule has 0 spiro atoms. The highest BCUT2D eigenvalue weighted by Gasteiger charge is 2.09. The number of hydrogen-bond acceptors (Lipinski definition) is 2. The Kier molecular flexibility index (Phi) is 5.15. The van der Waals surface area contributed by atoms with E-state index in [2.05, 4.69) is 57.2 Å². The minimum absolute atomic E-state index is 0.804. The lowest BCUT2D eigenvalue weighted by Gasteiger charge is -2.26. The van der Waals surface area contributed by atoms with Gasteiger partial charge in [-0.25, -0.2) is 0 Å². The number of rotatable bonds is 5. The number of halogens is 1. The van der Waals surface area contributed by atoms with Crippen molar-refractivity contribution in [3.8, 4) is 5.75 Å². The minimum Gasteiger partial charge on any atom is -0.494 e. The third-order valence-corrected chi connectivity index (χ3v) is 4.60. The standard InChI is InChI=1S/C18H22BrNO/c19-17-7-5-16-14-18(8-6-15(16)13-17)21-12-4-11-20-9-2-1-3-10-20/h5-8,13-14H,1-4,9-12H2. The number of hydrogen-bond donors (Lipinski definition) is 0. The van der Waals surface area contributed by atoms with E-state index in [9.17, 15) is 0 Å². The molecule has 0 saturated carbocycles. The van der Waals surface area contributed by atoms with Crippen LogP contribution in [0.5, 0.6) is 5.75 Å². The maximum Gasteiger partial charge on any atom is 0.119 e. The molecule has 1 aliphatic heterocycles. The quantitative estimate of drug-likeness (QED) is 0.716.